The van der Waals surface area contributed by atoms with Gasteiger partial charge in [0.25, 0.3) is 5.91 Å². The van der Waals surface area contributed by atoms with Gasteiger partial charge in [-0.3, -0.25) is 14.3 Å². The molecule has 0 spiro atoms. The van der Waals surface area contributed by atoms with E-state index in [0.717, 1.165) is 16.5 Å². The van der Waals surface area contributed by atoms with Gasteiger partial charge in [0.15, 0.2) is 0 Å². The zero-order valence-electron chi connectivity index (χ0n) is 14.6. The molecule has 3 heterocycles. The number of carbonyl (C=O) groups excluding carboxylic acids is 2. The standard InChI is InChI=1S/C18H20N6O2/c1-22-12-20-17(21-22)18(26)24-8-6-23(7-9-24)16(25)10-13-11-19-15-5-3-2-4-14(13)15/h2-5,11-12,19H,6-10H2,1H3. The van der Waals surface area contributed by atoms with Gasteiger partial charge in [-0.15, -0.1) is 5.10 Å². The fraction of sp³-hybridized carbons (Fsp3) is 0.333. The molecule has 0 radical (unpaired) electrons. The summed E-state index contributed by atoms with van der Waals surface area (Å²) in [6.07, 6.45) is 3.77. The molecule has 0 aliphatic carbocycles. The Morgan fingerprint density at radius 1 is 1.12 bits per heavy atom. The third-order valence-electron chi connectivity index (χ3n) is 4.73. The summed E-state index contributed by atoms with van der Waals surface area (Å²) >= 11 is 0. The average molecular weight is 352 g/mol. The van der Waals surface area contributed by atoms with Gasteiger partial charge in [0.1, 0.15) is 6.33 Å². The molecule has 1 aliphatic rings. The molecule has 0 saturated carbocycles. The molecule has 0 unspecified atom stereocenters. The zero-order chi connectivity index (χ0) is 18.1. The summed E-state index contributed by atoms with van der Waals surface area (Å²) in [6.45, 7) is 2.05. The highest BCUT2D eigenvalue weighted by atomic mass is 16.2. The van der Waals surface area contributed by atoms with Crippen LogP contribution in [0.25, 0.3) is 10.9 Å². The summed E-state index contributed by atoms with van der Waals surface area (Å²) < 4.78 is 1.51. The number of piperazine rings is 1. The Morgan fingerprint density at radius 3 is 2.58 bits per heavy atom. The summed E-state index contributed by atoms with van der Waals surface area (Å²) in [7, 11) is 1.73. The van der Waals surface area contributed by atoms with E-state index in [9.17, 15) is 9.59 Å². The van der Waals surface area contributed by atoms with Crippen LogP contribution in [0.1, 0.15) is 16.2 Å². The highest BCUT2D eigenvalue weighted by molar-refractivity contribution is 5.91. The Balaban J connectivity index is 1.37. The number of carbonyl (C=O) groups is 2. The van der Waals surface area contributed by atoms with Crippen molar-refractivity contribution in [1.29, 1.82) is 0 Å². The lowest BCUT2D eigenvalue weighted by Crippen LogP contribution is -2.51. The molecule has 8 nitrogen and oxygen atoms in total. The molecule has 26 heavy (non-hydrogen) atoms. The molecule has 1 fully saturated rings. The first kappa shape index (κ1) is 16.3. The number of benzene rings is 1. The molecule has 1 N–H and O–H groups in total. The molecular formula is C18H20N6O2. The molecular weight excluding hydrogens is 332 g/mol. The van der Waals surface area contributed by atoms with Gasteiger partial charge in [-0.25, -0.2) is 4.98 Å². The number of fused-ring (bicyclic) bond motifs is 1. The van der Waals surface area contributed by atoms with Crippen molar-refractivity contribution in [1.82, 2.24) is 29.5 Å². The van der Waals surface area contributed by atoms with Gasteiger partial charge in [-0.05, 0) is 11.6 Å². The number of aromatic nitrogens is 4. The molecule has 1 aliphatic heterocycles. The van der Waals surface area contributed by atoms with E-state index in [1.54, 1.807) is 11.9 Å². The van der Waals surface area contributed by atoms with Crippen molar-refractivity contribution in [2.75, 3.05) is 26.2 Å². The summed E-state index contributed by atoms with van der Waals surface area (Å²) in [5, 5.41) is 5.13. The first-order chi connectivity index (χ1) is 12.6. The predicted molar refractivity (Wildman–Crippen MR) is 95.5 cm³/mol. The Kier molecular flexibility index (Phi) is 4.16. The second-order valence-corrected chi connectivity index (χ2v) is 6.45. The van der Waals surface area contributed by atoms with Crippen LogP contribution in [-0.2, 0) is 18.3 Å². The summed E-state index contributed by atoms with van der Waals surface area (Å²) in [5.74, 6) is 0.0956. The second-order valence-electron chi connectivity index (χ2n) is 6.45. The molecule has 2 amide bonds. The van der Waals surface area contributed by atoms with Crippen LogP contribution in [0.3, 0.4) is 0 Å². The van der Waals surface area contributed by atoms with Crippen molar-refractivity contribution in [3.8, 4) is 0 Å². The minimum absolute atomic E-state index is 0.0813. The number of rotatable bonds is 3. The van der Waals surface area contributed by atoms with Gasteiger partial charge in [-0.1, -0.05) is 18.2 Å². The van der Waals surface area contributed by atoms with Gasteiger partial charge >= 0.3 is 0 Å². The fourth-order valence-corrected chi connectivity index (χ4v) is 3.29. The largest absolute Gasteiger partial charge is 0.361 e. The molecule has 3 aromatic rings. The number of nitrogens with zero attached hydrogens (tertiary/aromatic N) is 5. The molecule has 0 atom stereocenters. The number of hydrogen-bond donors (Lipinski definition) is 1. The van der Waals surface area contributed by atoms with E-state index < -0.39 is 0 Å². The summed E-state index contributed by atoms with van der Waals surface area (Å²) in [5.41, 5.74) is 2.04. The maximum Gasteiger partial charge on any atom is 0.293 e. The summed E-state index contributed by atoms with van der Waals surface area (Å²) in [6, 6.07) is 7.96. The molecule has 4 rings (SSSR count). The van der Waals surface area contributed by atoms with Crippen LogP contribution >= 0.6 is 0 Å². The molecule has 0 bridgehead atoms. The highest BCUT2D eigenvalue weighted by Gasteiger charge is 2.26. The predicted octanol–water partition coefficient (Wildman–Crippen LogP) is 0.823. The number of H-pyrrole nitrogens is 1. The normalized spacial score (nSPS) is 14.8. The smallest absolute Gasteiger partial charge is 0.293 e. The van der Waals surface area contributed by atoms with E-state index in [1.807, 2.05) is 35.4 Å². The lowest BCUT2D eigenvalue weighted by atomic mass is 10.1. The van der Waals surface area contributed by atoms with E-state index in [0.29, 0.717) is 32.6 Å². The first-order valence-electron chi connectivity index (χ1n) is 8.59. The Hall–Kier alpha value is -3.16. The molecule has 1 saturated heterocycles. The van der Waals surface area contributed by atoms with Gasteiger partial charge in [0.2, 0.25) is 11.7 Å². The monoisotopic (exact) mass is 352 g/mol. The van der Waals surface area contributed by atoms with E-state index in [4.69, 9.17) is 0 Å². The van der Waals surface area contributed by atoms with Gasteiger partial charge < -0.3 is 14.8 Å². The van der Waals surface area contributed by atoms with Gasteiger partial charge in [-0.2, -0.15) is 0 Å². The minimum atomic E-state index is -0.186. The topological polar surface area (TPSA) is 87.1 Å². The quantitative estimate of drug-likeness (QED) is 0.756. The van der Waals surface area contributed by atoms with Crippen molar-refractivity contribution in [2.45, 2.75) is 6.42 Å². The third kappa shape index (κ3) is 3.05. The fourth-order valence-electron chi connectivity index (χ4n) is 3.29. The maximum atomic E-state index is 12.6. The number of amides is 2. The lowest BCUT2D eigenvalue weighted by Gasteiger charge is -2.34. The van der Waals surface area contributed by atoms with Crippen LogP contribution < -0.4 is 0 Å². The Labute approximate surface area is 150 Å². The average Bonchev–Trinajstić information content (AvgIpc) is 3.28. The van der Waals surface area contributed by atoms with Crippen LogP contribution in [0.15, 0.2) is 36.8 Å². The van der Waals surface area contributed by atoms with E-state index in [-0.39, 0.29) is 17.6 Å². The van der Waals surface area contributed by atoms with E-state index in [2.05, 4.69) is 15.1 Å². The SMILES string of the molecule is Cn1cnc(C(=O)N2CCN(C(=O)Cc3c[nH]c4ccccc34)CC2)n1. The number of aryl methyl sites for hydroxylation is 1. The van der Waals surface area contributed by atoms with Crippen molar-refractivity contribution in [2.24, 2.45) is 7.05 Å². The van der Waals surface area contributed by atoms with Crippen molar-refractivity contribution in [3.63, 3.8) is 0 Å². The minimum Gasteiger partial charge on any atom is -0.361 e. The maximum absolute atomic E-state index is 12.6. The van der Waals surface area contributed by atoms with Crippen molar-refractivity contribution < 1.29 is 9.59 Å². The lowest BCUT2D eigenvalue weighted by molar-refractivity contribution is -0.131. The van der Waals surface area contributed by atoms with Crippen LogP contribution in [-0.4, -0.2) is 67.5 Å². The summed E-state index contributed by atoms with van der Waals surface area (Å²) in [4.78, 5) is 35.7. The number of para-hydroxylation sites is 1. The Bertz CT molecular complexity index is 951. The number of hydrogen-bond acceptors (Lipinski definition) is 4. The van der Waals surface area contributed by atoms with Crippen molar-refractivity contribution >= 4 is 22.7 Å². The van der Waals surface area contributed by atoms with Gasteiger partial charge in [0.05, 0.1) is 6.42 Å². The van der Waals surface area contributed by atoms with Crippen molar-refractivity contribution in [3.05, 3.63) is 48.2 Å². The number of aromatic amines is 1. The molecule has 8 heteroatoms. The molecule has 1 aromatic carbocycles. The van der Waals surface area contributed by atoms with Crippen LogP contribution in [0.2, 0.25) is 0 Å². The molecule has 134 valence electrons. The van der Waals surface area contributed by atoms with Crippen LogP contribution in [0, 0.1) is 0 Å². The Morgan fingerprint density at radius 2 is 1.85 bits per heavy atom. The van der Waals surface area contributed by atoms with Crippen LogP contribution in [0.4, 0.5) is 0 Å². The third-order valence-corrected chi connectivity index (χ3v) is 4.73. The van der Waals surface area contributed by atoms with E-state index >= 15 is 0 Å². The van der Waals surface area contributed by atoms with Gasteiger partial charge in [0, 0.05) is 50.3 Å². The first-order valence-corrected chi connectivity index (χ1v) is 8.59. The molecule has 2 aromatic heterocycles. The highest BCUT2D eigenvalue weighted by Crippen LogP contribution is 2.19. The van der Waals surface area contributed by atoms with Crippen LogP contribution in [0.5, 0.6) is 0 Å². The van der Waals surface area contributed by atoms with E-state index in [1.165, 1.54) is 11.0 Å². The number of nitrogens with one attached hydrogen (secondary N) is 1. The second kappa shape index (κ2) is 6.62. The zero-order valence-corrected chi connectivity index (χ0v) is 14.6.